The number of phenols is 1. The molecule has 0 saturated carbocycles. The molecule has 1 rings (SSSR count). The quantitative estimate of drug-likeness (QED) is 0.594. The van der Waals surface area contributed by atoms with Crippen LogP contribution in [0, 0.1) is 6.92 Å². The molecule has 1 aromatic rings. The van der Waals surface area contributed by atoms with Gasteiger partial charge in [0.05, 0.1) is 0 Å². The van der Waals surface area contributed by atoms with E-state index in [1.807, 2.05) is 19.1 Å². The van der Waals surface area contributed by atoms with Crippen LogP contribution >= 0.6 is 12.6 Å². The fourth-order valence-corrected chi connectivity index (χ4v) is 1.01. The number of aryl methyl sites for hydroxylation is 1. The minimum atomic E-state index is 0.352. The molecule has 0 fully saturated rings. The summed E-state index contributed by atoms with van der Waals surface area (Å²) < 4.78 is 0. The third kappa shape index (κ3) is 1.45. The zero-order valence-corrected chi connectivity index (χ0v) is 6.73. The maximum absolute atomic E-state index is 9.11. The molecule has 0 aromatic heterocycles. The van der Waals surface area contributed by atoms with Crippen molar-refractivity contribution in [3.63, 3.8) is 0 Å². The topological polar surface area (TPSA) is 20.2 Å². The van der Waals surface area contributed by atoms with Crippen molar-refractivity contribution in [2.24, 2.45) is 0 Å². The van der Waals surface area contributed by atoms with E-state index in [0.29, 0.717) is 5.75 Å². The highest BCUT2D eigenvalue weighted by Gasteiger charge is 1.94. The Morgan fingerprint density at radius 2 is 2.20 bits per heavy atom. The zero-order valence-electron chi connectivity index (χ0n) is 5.83. The Balaban J connectivity index is 3.04. The number of hydrogen-bond donors (Lipinski definition) is 2. The van der Waals surface area contributed by atoms with Crippen LogP contribution in [-0.4, -0.2) is 5.11 Å². The molecule has 1 aromatic carbocycles. The summed E-state index contributed by atoms with van der Waals surface area (Å²) in [5.41, 5.74) is 2.05. The standard InChI is InChI=1S/C8H10OS/c1-6-4-7(5-10)2-3-8(6)9/h2-4,9-10H,5H2,1H3. The molecule has 0 aliphatic carbocycles. The van der Waals surface area contributed by atoms with Gasteiger partial charge in [0.2, 0.25) is 0 Å². The fraction of sp³-hybridized carbons (Fsp3) is 0.250. The predicted octanol–water partition coefficient (Wildman–Crippen LogP) is 2.13. The number of benzene rings is 1. The Hall–Kier alpha value is -0.630. The van der Waals surface area contributed by atoms with E-state index in [9.17, 15) is 0 Å². The molecular weight excluding hydrogens is 144 g/mol. The first-order chi connectivity index (χ1) is 4.74. The average Bonchev–Trinajstić information content (AvgIpc) is 1.95. The summed E-state index contributed by atoms with van der Waals surface area (Å²) in [4.78, 5) is 0. The summed E-state index contributed by atoms with van der Waals surface area (Å²) in [7, 11) is 0. The average molecular weight is 154 g/mol. The van der Waals surface area contributed by atoms with Gasteiger partial charge in [0, 0.05) is 5.75 Å². The van der Waals surface area contributed by atoms with Gasteiger partial charge in [-0.25, -0.2) is 0 Å². The molecule has 1 nitrogen and oxygen atoms in total. The van der Waals surface area contributed by atoms with E-state index in [1.54, 1.807) is 6.07 Å². The summed E-state index contributed by atoms with van der Waals surface area (Å²) in [5.74, 6) is 1.08. The van der Waals surface area contributed by atoms with Gasteiger partial charge in [-0.3, -0.25) is 0 Å². The van der Waals surface area contributed by atoms with Gasteiger partial charge >= 0.3 is 0 Å². The highest BCUT2D eigenvalue weighted by atomic mass is 32.1. The molecule has 0 aliphatic heterocycles. The largest absolute Gasteiger partial charge is 0.508 e. The van der Waals surface area contributed by atoms with Crippen LogP contribution < -0.4 is 0 Å². The lowest BCUT2D eigenvalue weighted by molar-refractivity contribution is 0.471. The van der Waals surface area contributed by atoms with Crippen molar-refractivity contribution in [1.29, 1.82) is 0 Å². The van der Waals surface area contributed by atoms with E-state index < -0.39 is 0 Å². The maximum atomic E-state index is 9.11. The van der Waals surface area contributed by atoms with Crippen molar-refractivity contribution in [3.05, 3.63) is 29.3 Å². The first-order valence-electron chi connectivity index (χ1n) is 3.13. The molecule has 1 N–H and O–H groups in total. The van der Waals surface area contributed by atoms with Crippen molar-refractivity contribution in [2.45, 2.75) is 12.7 Å². The second-order valence-electron chi connectivity index (χ2n) is 2.28. The monoisotopic (exact) mass is 154 g/mol. The van der Waals surface area contributed by atoms with E-state index >= 15 is 0 Å². The molecule has 0 unspecified atom stereocenters. The van der Waals surface area contributed by atoms with Gasteiger partial charge in [0.25, 0.3) is 0 Å². The maximum Gasteiger partial charge on any atom is 0.118 e. The van der Waals surface area contributed by atoms with Gasteiger partial charge < -0.3 is 5.11 Å². The summed E-state index contributed by atoms with van der Waals surface area (Å²) in [6.07, 6.45) is 0. The molecule has 54 valence electrons. The Morgan fingerprint density at radius 1 is 1.50 bits per heavy atom. The summed E-state index contributed by atoms with van der Waals surface area (Å²) >= 11 is 4.11. The van der Waals surface area contributed by atoms with Crippen LogP contribution in [0.5, 0.6) is 5.75 Å². The summed E-state index contributed by atoms with van der Waals surface area (Å²) in [5, 5.41) is 9.11. The molecule has 0 aliphatic rings. The molecule has 2 heteroatoms. The van der Waals surface area contributed by atoms with E-state index in [4.69, 9.17) is 5.11 Å². The molecule has 0 atom stereocenters. The first kappa shape index (κ1) is 7.48. The molecule has 0 saturated heterocycles. The van der Waals surface area contributed by atoms with E-state index in [2.05, 4.69) is 12.6 Å². The molecule has 10 heavy (non-hydrogen) atoms. The van der Waals surface area contributed by atoms with E-state index in [1.165, 1.54) is 0 Å². The van der Waals surface area contributed by atoms with Crippen molar-refractivity contribution in [2.75, 3.05) is 0 Å². The smallest absolute Gasteiger partial charge is 0.118 e. The molecule has 0 spiro atoms. The van der Waals surface area contributed by atoms with E-state index in [0.717, 1.165) is 16.9 Å². The van der Waals surface area contributed by atoms with Crippen molar-refractivity contribution >= 4 is 12.6 Å². The lowest BCUT2D eigenvalue weighted by Gasteiger charge is -1.99. The molecule has 0 heterocycles. The highest BCUT2D eigenvalue weighted by molar-refractivity contribution is 7.79. The predicted molar refractivity (Wildman–Crippen MR) is 45.5 cm³/mol. The van der Waals surface area contributed by atoms with Crippen LogP contribution in [0.1, 0.15) is 11.1 Å². The van der Waals surface area contributed by atoms with Crippen LogP contribution in [-0.2, 0) is 5.75 Å². The highest BCUT2D eigenvalue weighted by Crippen LogP contribution is 2.17. The van der Waals surface area contributed by atoms with Crippen LogP contribution in [0.4, 0.5) is 0 Å². The number of rotatable bonds is 1. The van der Waals surface area contributed by atoms with Gasteiger partial charge in [-0.1, -0.05) is 12.1 Å². The number of aromatic hydroxyl groups is 1. The third-order valence-electron chi connectivity index (χ3n) is 1.44. The van der Waals surface area contributed by atoms with E-state index in [-0.39, 0.29) is 0 Å². The Morgan fingerprint density at radius 3 is 2.70 bits per heavy atom. The van der Waals surface area contributed by atoms with Crippen molar-refractivity contribution in [1.82, 2.24) is 0 Å². The number of thiol groups is 1. The Labute approximate surface area is 66.1 Å². The zero-order chi connectivity index (χ0) is 7.56. The molecular formula is C8H10OS. The minimum absolute atomic E-state index is 0.352. The third-order valence-corrected chi connectivity index (χ3v) is 1.81. The van der Waals surface area contributed by atoms with Crippen LogP contribution in [0.3, 0.4) is 0 Å². The Bertz CT molecular complexity index is 233. The van der Waals surface area contributed by atoms with Crippen molar-refractivity contribution < 1.29 is 5.11 Å². The lowest BCUT2D eigenvalue weighted by Crippen LogP contribution is -1.79. The summed E-state index contributed by atoms with van der Waals surface area (Å²) in [6, 6.07) is 5.50. The van der Waals surface area contributed by atoms with Crippen LogP contribution in [0.15, 0.2) is 18.2 Å². The number of phenolic OH excluding ortho intramolecular Hbond substituents is 1. The molecule has 0 amide bonds. The van der Waals surface area contributed by atoms with Crippen LogP contribution in [0.25, 0.3) is 0 Å². The minimum Gasteiger partial charge on any atom is -0.508 e. The SMILES string of the molecule is Cc1cc(CS)ccc1O. The lowest BCUT2D eigenvalue weighted by atomic mass is 10.1. The molecule has 0 radical (unpaired) electrons. The van der Waals surface area contributed by atoms with Gasteiger partial charge in [0.15, 0.2) is 0 Å². The fourth-order valence-electron chi connectivity index (χ4n) is 0.816. The van der Waals surface area contributed by atoms with Gasteiger partial charge in [-0.2, -0.15) is 12.6 Å². The summed E-state index contributed by atoms with van der Waals surface area (Å²) in [6.45, 7) is 1.88. The van der Waals surface area contributed by atoms with Gasteiger partial charge in [-0.05, 0) is 24.1 Å². The second-order valence-corrected chi connectivity index (χ2v) is 2.60. The van der Waals surface area contributed by atoms with Crippen LogP contribution in [0.2, 0.25) is 0 Å². The first-order valence-corrected chi connectivity index (χ1v) is 3.76. The Kier molecular flexibility index (Phi) is 2.22. The van der Waals surface area contributed by atoms with Crippen molar-refractivity contribution in [3.8, 4) is 5.75 Å². The second kappa shape index (κ2) is 2.97. The number of hydrogen-bond acceptors (Lipinski definition) is 2. The normalized spacial score (nSPS) is 9.80. The van der Waals surface area contributed by atoms with Gasteiger partial charge in [-0.15, -0.1) is 0 Å². The van der Waals surface area contributed by atoms with Gasteiger partial charge in [0.1, 0.15) is 5.75 Å². The molecule has 0 bridgehead atoms.